The first-order chi connectivity index (χ1) is 10.7. The number of thioether (sulfide) groups is 1. The summed E-state index contributed by atoms with van der Waals surface area (Å²) < 4.78 is 6.93. The molecule has 0 aliphatic carbocycles. The van der Waals surface area contributed by atoms with Crippen LogP contribution in [0.1, 0.15) is 5.76 Å². The van der Waals surface area contributed by atoms with Crippen molar-refractivity contribution in [3.05, 3.63) is 47.1 Å². The number of amides is 1. The molecule has 22 heavy (non-hydrogen) atoms. The van der Waals surface area contributed by atoms with Crippen LogP contribution < -0.4 is 5.32 Å². The van der Waals surface area contributed by atoms with Crippen molar-refractivity contribution >= 4 is 61.8 Å². The Morgan fingerprint density at radius 2 is 2.09 bits per heavy atom. The molecule has 3 aromatic rings. The number of fused-ring (bicyclic) bond motifs is 1. The van der Waals surface area contributed by atoms with Gasteiger partial charge < -0.3 is 9.73 Å². The number of nitrogens with one attached hydrogen (secondary N) is 1. The van der Waals surface area contributed by atoms with Gasteiger partial charge in [-0.2, -0.15) is 0 Å². The van der Waals surface area contributed by atoms with E-state index in [1.54, 1.807) is 17.4 Å². The highest BCUT2D eigenvalue weighted by molar-refractivity contribution is 8.19. The van der Waals surface area contributed by atoms with Gasteiger partial charge in [0.15, 0.2) is 10.8 Å². The molecule has 1 aliphatic heterocycles. The lowest BCUT2D eigenvalue weighted by molar-refractivity contribution is 0.265. The first kappa shape index (κ1) is 13.7. The zero-order chi connectivity index (χ0) is 15.1. The summed E-state index contributed by atoms with van der Waals surface area (Å²) in [5, 5.41) is 3.26. The van der Waals surface area contributed by atoms with E-state index in [0.29, 0.717) is 21.4 Å². The minimum absolute atomic E-state index is 0.158. The van der Waals surface area contributed by atoms with E-state index < -0.39 is 0 Å². The summed E-state index contributed by atoms with van der Waals surface area (Å²) in [5.74, 6) is 1.36. The van der Waals surface area contributed by atoms with Crippen LogP contribution in [0, 0.1) is 0 Å². The Balaban J connectivity index is 1.68. The SMILES string of the molecule is O=C1NC(=S)C(=Cc2ccc(-c3nc4ccccc4s3)o2)S1. The highest BCUT2D eigenvalue weighted by Crippen LogP contribution is 2.33. The quantitative estimate of drug-likeness (QED) is 0.540. The van der Waals surface area contributed by atoms with Crippen molar-refractivity contribution in [2.75, 3.05) is 0 Å². The van der Waals surface area contributed by atoms with Crippen LogP contribution in [0.15, 0.2) is 45.7 Å². The monoisotopic (exact) mass is 344 g/mol. The van der Waals surface area contributed by atoms with Gasteiger partial charge in [-0.05, 0) is 42.1 Å². The fraction of sp³-hybridized carbons (Fsp3) is 0. The summed E-state index contributed by atoms with van der Waals surface area (Å²) in [7, 11) is 0. The molecule has 1 aromatic carbocycles. The number of nitrogens with zero attached hydrogens (tertiary/aromatic N) is 1. The van der Waals surface area contributed by atoms with Crippen molar-refractivity contribution in [3.63, 3.8) is 0 Å². The third kappa shape index (κ3) is 2.47. The summed E-state index contributed by atoms with van der Waals surface area (Å²) in [4.78, 5) is 17.0. The van der Waals surface area contributed by atoms with Gasteiger partial charge in [0.05, 0.1) is 15.1 Å². The number of carbonyl (C=O) groups excluding carboxylic acids is 1. The predicted octanol–water partition coefficient (Wildman–Crippen LogP) is 4.68. The minimum Gasteiger partial charge on any atom is -0.454 e. The van der Waals surface area contributed by atoms with Gasteiger partial charge in [0, 0.05) is 0 Å². The summed E-state index contributed by atoms with van der Waals surface area (Å²) in [6.07, 6.45) is 1.77. The standard InChI is InChI=1S/C15H8N2O2S3/c18-15-17-13(20)12(22-15)7-8-5-6-10(19-8)14-16-9-3-1-2-4-11(9)21-14/h1-7H,(H,17,18,20). The number of rotatable bonds is 2. The average Bonchev–Trinajstić information content (AvgIpc) is 3.18. The average molecular weight is 344 g/mol. The maximum absolute atomic E-state index is 11.3. The van der Waals surface area contributed by atoms with Crippen LogP contribution in [-0.4, -0.2) is 15.2 Å². The van der Waals surface area contributed by atoms with Crippen LogP contribution >= 0.6 is 35.3 Å². The Kier molecular flexibility index (Phi) is 3.33. The number of benzene rings is 1. The first-order valence-corrected chi connectivity index (χ1v) is 8.44. The lowest BCUT2D eigenvalue weighted by Crippen LogP contribution is -2.15. The Labute approximate surface area is 139 Å². The van der Waals surface area contributed by atoms with Gasteiger partial charge in [-0.25, -0.2) is 4.98 Å². The van der Waals surface area contributed by atoms with Crippen LogP contribution in [0.5, 0.6) is 0 Å². The maximum Gasteiger partial charge on any atom is 0.289 e. The van der Waals surface area contributed by atoms with Crippen molar-refractivity contribution in [1.29, 1.82) is 0 Å². The van der Waals surface area contributed by atoms with Crippen molar-refractivity contribution in [3.8, 4) is 10.8 Å². The summed E-state index contributed by atoms with van der Waals surface area (Å²) in [5.41, 5.74) is 0.959. The van der Waals surface area contributed by atoms with Crippen molar-refractivity contribution in [2.45, 2.75) is 0 Å². The molecule has 3 heterocycles. The summed E-state index contributed by atoms with van der Waals surface area (Å²) in [6, 6.07) is 11.7. The van der Waals surface area contributed by atoms with E-state index in [2.05, 4.69) is 10.3 Å². The molecule has 7 heteroatoms. The Bertz CT molecular complexity index is 906. The molecule has 4 rings (SSSR count). The highest BCUT2D eigenvalue weighted by Gasteiger charge is 2.22. The first-order valence-electron chi connectivity index (χ1n) is 6.40. The number of thiocarbonyl (C=S) groups is 1. The van der Waals surface area contributed by atoms with E-state index in [0.717, 1.165) is 27.0 Å². The third-order valence-electron chi connectivity index (χ3n) is 3.05. The van der Waals surface area contributed by atoms with Crippen LogP contribution in [0.3, 0.4) is 0 Å². The summed E-state index contributed by atoms with van der Waals surface area (Å²) >= 11 is 7.75. The lowest BCUT2D eigenvalue weighted by Gasteiger charge is -1.92. The van der Waals surface area contributed by atoms with Crippen LogP contribution in [-0.2, 0) is 0 Å². The zero-order valence-electron chi connectivity index (χ0n) is 11.0. The van der Waals surface area contributed by atoms with Crippen LogP contribution in [0.4, 0.5) is 4.79 Å². The van der Waals surface area contributed by atoms with Gasteiger partial charge in [-0.1, -0.05) is 24.4 Å². The smallest absolute Gasteiger partial charge is 0.289 e. The second-order valence-electron chi connectivity index (χ2n) is 4.54. The number of aromatic nitrogens is 1. The van der Waals surface area contributed by atoms with Crippen molar-refractivity contribution in [1.82, 2.24) is 10.3 Å². The molecule has 1 fully saturated rings. The summed E-state index contributed by atoms with van der Waals surface area (Å²) in [6.45, 7) is 0. The number of hydrogen-bond donors (Lipinski definition) is 1. The van der Waals surface area contributed by atoms with E-state index in [1.165, 1.54) is 0 Å². The molecule has 0 atom stereocenters. The molecule has 1 N–H and O–H groups in total. The predicted molar refractivity (Wildman–Crippen MR) is 94.0 cm³/mol. The number of furan rings is 1. The molecule has 0 bridgehead atoms. The number of hydrogen-bond acceptors (Lipinski definition) is 6. The van der Waals surface area contributed by atoms with Crippen LogP contribution in [0.2, 0.25) is 0 Å². The second kappa shape index (κ2) is 5.35. The fourth-order valence-electron chi connectivity index (χ4n) is 2.07. The molecule has 0 spiro atoms. The lowest BCUT2D eigenvalue weighted by atomic mass is 10.3. The van der Waals surface area contributed by atoms with Crippen LogP contribution in [0.25, 0.3) is 27.1 Å². The molecule has 4 nitrogen and oxygen atoms in total. The zero-order valence-corrected chi connectivity index (χ0v) is 13.5. The normalized spacial score (nSPS) is 16.6. The molecular weight excluding hydrogens is 336 g/mol. The number of thiazole rings is 1. The van der Waals surface area contributed by atoms with Gasteiger partial charge >= 0.3 is 0 Å². The molecule has 108 valence electrons. The molecule has 1 aliphatic rings. The molecule has 0 radical (unpaired) electrons. The molecule has 0 saturated carbocycles. The van der Waals surface area contributed by atoms with E-state index in [9.17, 15) is 4.79 Å². The number of para-hydroxylation sites is 1. The molecular formula is C15H8N2O2S3. The fourth-order valence-corrected chi connectivity index (χ4v) is 4.01. The Hall–Kier alpha value is -1.96. The van der Waals surface area contributed by atoms with Gasteiger partial charge in [0.1, 0.15) is 10.7 Å². The molecule has 0 unspecified atom stereocenters. The second-order valence-corrected chi connectivity index (χ2v) is 6.99. The Morgan fingerprint density at radius 1 is 1.23 bits per heavy atom. The highest BCUT2D eigenvalue weighted by atomic mass is 32.2. The molecule has 1 saturated heterocycles. The van der Waals surface area contributed by atoms with Gasteiger partial charge in [-0.3, -0.25) is 4.79 Å². The van der Waals surface area contributed by atoms with Gasteiger partial charge in [0.2, 0.25) is 0 Å². The van der Waals surface area contributed by atoms with E-state index in [-0.39, 0.29) is 5.24 Å². The Morgan fingerprint density at radius 3 is 2.86 bits per heavy atom. The topological polar surface area (TPSA) is 55.1 Å². The van der Waals surface area contributed by atoms with E-state index in [1.807, 2.05) is 36.4 Å². The van der Waals surface area contributed by atoms with E-state index >= 15 is 0 Å². The van der Waals surface area contributed by atoms with Gasteiger partial charge in [-0.15, -0.1) is 11.3 Å². The van der Waals surface area contributed by atoms with Crippen molar-refractivity contribution < 1.29 is 9.21 Å². The maximum atomic E-state index is 11.3. The van der Waals surface area contributed by atoms with Gasteiger partial charge in [0.25, 0.3) is 5.24 Å². The van der Waals surface area contributed by atoms with Crippen molar-refractivity contribution in [2.24, 2.45) is 0 Å². The van der Waals surface area contributed by atoms with E-state index in [4.69, 9.17) is 16.6 Å². The third-order valence-corrected chi connectivity index (χ3v) is 5.38. The largest absolute Gasteiger partial charge is 0.454 e. The molecule has 2 aromatic heterocycles. The molecule has 1 amide bonds. The number of carbonyl (C=O) groups is 1. The minimum atomic E-state index is -0.158.